The number of halogens is 2. The molecule has 9 heteroatoms. The Morgan fingerprint density at radius 2 is 1.72 bits per heavy atom. The van der Waals surface area contributed by atoms with E-state index in [9.17, 15) is 18.4 Å². The van der Waals surface area contributed by atoms with Crippen LogP contribution in [0.4, 0.5) is 14.5 Å². The Balaban J connectivity index is 1.69. The Labute approximate surface area is 181 Å². The molecule has 0 radical (unpaired) electrons. The van der Waals surface area contributed by atoms with Gasteiger partial charge < -0.3 is 11.1 Å². The first-order chi connectivity index (χ1) is 15.2. The van der Waals surface area contributed by atoms with Crippen LogP contribution in [0.25, 0.3) is 10.9 Å². The van der Waals surface area contributed by atoms with Crippen molar-refractivity contribution < 1.29 is 18.4 Å². The average Bonchev–Trinajstić information content (AvgIpc) is 3.01. The van der Waals surface area contributed by atoms with Crippen LogP contribution in [0.1, 0.15) is 37.8 Å². The normalized spacial score (nSPS) is 11.0. The maximum absolute atomic E-state index is 13.8. The number of aromatic nitrogens is 3. The minimum Gasteiger partial charge on any atom is -0.364 e. The van der Waals surface area contributed by atoms with Gasteiger partial charge in [0.2, 0.25) is 0 Å². The number of hydrogen-bond acceptors (Lipinski definition) is 4. The van der Waals surface area contributed by atoms with E-state index in [1.54, 1.807) is 30.7 Å². The van der Waals surface area contributed by atoms with Crippen LogP contribution < -0.4 is 11.1 Å². The monoisotopic (exact) mass is 435 g/mol. The minimum absolute atomic E-state index is 0.0633. The SMILES string of the molecule is Cc1nn(Cc2ccc(F)cc2)c(C)c1NC(=O)c1cc(C(N)=O)nc2ccc(F)cc12. The molecule has 0 aliphatic heterocycles. The molecule has 0 spiro atoms. The molecule has 2 aromatic heterocycles. The van der Waals surface area contributed by atoms with Crippen molar-refractivity contribution in [1.29, 1.82) is 0 Å². The number of carbonyl (C=O) groups excluding carboxylic acids is 2. The van der Waals surface area contributed by atoms with Gasteiger partial charge in [-0.15, -0.1) is 0 Å². The lowest BCUT2D eigenvalue weighted by Crippen LogP contribution is -2.18. The van der Waals surface area contributed by atoms with E-state index in [0.717, 1.165) is 5.56 Å². The lowest BCUT2D eigenvalue weighted by molar-refractivity contribution is 0.0996. The minimum atomic E-state index is -0.801. The Morgan fingerprint density at radius 3 is 2.41 bits per heavy atom. The van der Waals surface area contributed by atoms with Crippen molar-refractivity contribution >= 4 is 28.4 Å². The van der Waals surface area contributed by atoms with E-state index in [2.05, 4.69) is 15.4 Å². The summed E-state index contributed by atoms with van der Waals surface area (Å²) in [6.07, 6.45) is 0. The fourth-order valence-electron chi connectivity index (χ4n) is 3.49. The third-order valence-electron chi connectivity index (χ3n) is 5.13. The number of rotatable bonds is 5. The van der Waals surface area contributed by atoms with E-state index in [1.807, 2.05) is 0 Å². The van der Waals surface area contributed by atoms with Crippen LogP contribution in [0.3, 0.4) is 0 Å². The molecule has 2 amide bonds. The fraction of sp³-hybridized carbons (Fsp3) is 0.130. The Morgan fingerprint density at radius 1 is 1.03 bits per heavy atom. The molecule has 0 bridgehead atoms. The Kier molecular flexibility index (Phi) is 5.40. The van der Waals surface area contributed by atoms with Crippen LogP contribution in [0, 0.1) is 25.5 Å². The molecular weight excluding hydrogens is 416 g/mol. The second-order valence-corrected chi connectivity index (χ2v) is 7.36. The van der Waals surface area contributed by atoms with Gasteiger partial charge >= 0.3 is 0 Å². The molecule has 3 N–H and O–H groups in total. The summed E-state index contributed by atoms with van der Waals surface area (Å²) in [6.45, 7) is 3.92. The summed E-state index contributed by atoms with van der Waals surface area (Å²) in [6, 6.07) is 11.1. The summed E-state index contributed by atoms with van der Waals surface area (Å²) in [5.41, 5.74) is 8.16. The second-order valence-electron chi connectivity index (χ2n) is 7.36. The average molecular weight is 435 g/mol. The number of nitrogens with one attached hydrogen (secondary N) is 1. The lowest BCUT2D eigenvalue weighted by Gasteiger charge is -2.10. The van der Waals surface area contributed by atoms with Crippen molar-refractivity contribution in [3.63, 3.8) is 0 Å². The molecule has 32 heavy (non-hydrogen) atoms. The molecule has 4 aromatic rings. The third kappa shape index (κ3) is 4.04. The summed E-state index contributed by atoms with van der Waals surface area (Å²) < 4.78 is 28.7. The summed E-state index contributed by atoms with van der Waals surface area (Å²) in [7, 11) is 0. The molecule has 0 aliphatic rings. The first-order valence-corrected chi connectivity index (χ1v) is 9.73. The van der Waals surface area contributed by atoms with Crippen LogP contribution in [0.5, 0.6) is 0 Å². The number of aryl methyl sites for hydroxylation is 1. The molecule has 0 atom stereocenters. The summed E-state index contributed by atoms with van der Waals surface area (Å²) in [4.78, 5) is 28.9. The van der Waals surface area contributed by atoms with Gasteiger partial charge in [0.15, 0.2) is 0 Å². The molecule has 2 aromatic carbocycles. The van der Waals surface area contributed by atoms with Crippen molar-refractivity contribution in [2.45, 2.75) is 20.4 Å². The quantitative estimate of drug-likeness (QED) is 0.499. The number of pyridine rings is 1. The van der Waals surface area contributed by atoms with E-state index in [1.165, 1.54) is 36.4 Å². The standard InChI is InChI=1S/C23H19F2N5O2/c1-12-21(13(2)30(29-12)11-14-3-5-15(24)6-4-14)28-23(32)18-10-20(22(26)31)27-19-8-7-16(25)9-17(18)19/h3-10H,11H2,1-2H3,(H2,26,31)(H,28,32). The largest absolute Gasteiger partial charge is 0.364 e. The van der Waals surface area contributed by atoms with Crippen molar-refractivity contribution in [2.75, 3.05) is 5.32 Å². The molecule has 162 valence electrons. The topological polar surface area (TPSA) is 103 Å². The van der Waals surface area contributed by atoms with Gasteiger partial charge in [0.1, 0.15) is 17.3 Å². The highest BCUT2D eigenvalue weighted by atomic mass is 19.1. The van der Waals surface area contributed by atoms with Gasteiger partial charge in [-0.2, -0.15) is 5.10 Å². The highest BCUT2D eigenvalue weighted by Crippen LogP contribution is 2.25. The first-order valence-electron chi connectivity index (χ1n) is 9.73. The van der Waals surface area contributed by atoms with Crippen molar-refractivity contribution in [3.8, 4) is 0 Å². The van der Waals surface area contributed by atoms with Crippen molar-refractivity contribution in [1.82, 2.24) is 14.8 Å². The van der Waals surface area contributed by atoms with E-state index in [0.29, 0.717) is 23.6 Å². The zero-order valence-corrected chi connectivity index (χ0v) is 17.3. The van der Waals surface area contributed by atoms with Crippen LogP contribution >= 0.6 is 0 Å². The summed E-state index contributed by atoms with van der Waals surface area (Å²) >= 11 is 0. The molecule has 0 unspecified atom stereocenters. The zero-order chi connectivity index (χ0) is 23.0. The van der Waals surface area contributed by atoms with E-state index in [4.69, 9.17) is 5.73 Å². The molecule has 0 aliphatic carbocycles. The van der Waals surface area contributed by atoms with Gasteiger partial charge in [-0.3, -0.25) is 14.3 Å². The van der Waals surface area contributed by atoms with Crippen LogP contribution in [0.15, 0.2) is 48.5 Å². The van der Waals surface area contributed by atoms with E-state index < -0.39 is 17.6 Å². The predicted molar refractivity (Wildman–Crippen MR) is 115 cm³/mol. The number of anilines is 1. The predicted octanol–water partition coefficient (Wildman–Crippen LogP) is 3.73. The van der Waals surface area contributed by atoms with Gasteiger partial charge in [-0.05, 0) is 55.8 Å². The number of nitrogens with two attached hydrogens (primary N) is 1. The number of benzene rings is 2. The number of amides is 2. The Bertz CT molecular complexity index is 1360. The van der Waals surface area contributed by atoms with Gasteiger partial charge in [0.05, 0.1) is 34.7 Å². The Hall–Kier alpha value is -4.14. The molecule has 0 saturated heterocycles. The maximum atomic E-state index is 13.8. The number of carbonyl (C=O) groups is 2. The van der Waals surface area contributed by atoms with Gasteiger partial charge in [-0.25, -0.2) is 13.8 Å². The highest BCUT2D eigenvalue weighted by molar-refractivity contribution is 6.14. The lowest BCUT2D eigenvalue weighted by atomic mass is 10.1. The second kappa shape index (κ2) is 8.18. The van der Waals surface area contributed by atoms with Crippen LogP contribution in [-0.4, -0.2) is 26.6 Å². The molecule has 0 fully saturated rings. The molecule has 2 heterocycles. The molecule has 4 rings (SSSR count). The molecular formula is C23H19F2N5O2. The van der Waals surface area contributed by atoms with Crippen LogP contribution in [0.2, 0.25) is 0 Å². The maximum Gasteiger partial charge on any atom is 0.267 e. The number of hydrogen-bond donors (Lipinski definition) is 2. The fourth-order valence-corrected chi connectivity index (χ4v) is 3.49. The zero-order valence-electron chi connectivity index (χ0n) is 17.3. The van der Waals surface area contributed by atoms with Crippen molar-refractivity contribution in [3.05, 3.63) is 88.4 Å². The number of fused-ring (bicyclic) bond motifs is 1. The van der Waals surface area contributed by atoms with E-state index in [-0.39, 0.29) is 28.0 Å². The highest BCUT2D eigenvalue weighted by Gasteiger charge is 2.20. The number of primary amides is 1. The smallest absolute Gasteiger partial charge is 0.267 e. The van der Waals surface area contributed by atoms with Crippen LogP contribution in [-0.2, 0) is 6.54 Å². The van der Waals surface area contributed by atoms with Gasteiger partial charge in [0, 0.05) is 5.39 Å². The molecule has 0 saturated carbocycles. The third-order valence-corrected chi connectivity index (χ3v) is 5.13. The van der Waals surface area contributed by atoms with Gasteiger partial charge in [-0.1, -0.05) is 12.1 Å². The summed E-state index contributed by atoms with van der Waals surface area (Å²) in [5, 5.41) is 7.51. The van der Waals surface area contributed by atoms with Gasteiger partial charge in [0.25, 0.3) is 11.8 Å². The summed E-state index contributed by atoms with van der Waals surface area (Å²) in [5.74, 6) is -2.23. The molecule has 7 nitrogen and oxygen atoms in total. The first kappa shape index (κ1) is 21.1. The number of nitrogens with zero attached hydrogens (tertiary/aromatic N) is 3. The van der Waals surface area contributed by atoms with Crippen molar-refractivity contribution in [2.24, 2.45) is 5.73 Å². The van der Waals surface area contributed by atoms with E-state index >= 15 is 0 Å².